The Morgan fingerprint density at radius 1 is 1.48 bits per heavy atom. The van der Waals surface area contributed by atoms with Crippen molar-refractivity contribution in [2.45, 2.75) is 51.3 Å². The molecule has 1 saturated heterocycles. The molecule has 134 valence electrons. The van der Waals surface area contributed by atoms with Gasteiger partial charge in [-0.05, 0) is 25.8 Å². The molecule has 0 amide bonds. The standard InChI is InChI=1S/C17H22N4O4/c1-2-15(22)14-8-3-4-9-20(14)11-16-18-17(19-25-16)12-6-5-7-13(10-12)21(23)24/h5-7,10,14-15,22H,2-4,8-9,11H2,1H3. The zero-order chi connectivity index (χ0) is 17.8. The zero-order valence-corrected chi connectivity index (χ0v) is 14.2. The maximum Gasteiger partial charge on any atom is 0.270 e. The molecule has 1 aliphatic heterocycles. The topological polar surface area (TPSA) is 106 Å². The van der Waals surface area contributed by atoms with Gasteiger partial charge in [-0.2, -0.15) is 4.98 Å². The van der Waals surface area contributed by atoms with E-state index in [1.54, 1.807) is 12.1 Å². The summed E-state index contributed by atoms with van der Waals surface area (Å²) in [6.45, 7) is 3.34. The van der Waals surface area contributed by atoms with Crippen molar-refractivity contribution in [2.75, 3.05) is 6.54 Å². The van der Waals surface area contributed by atoms with Crippen molar-refractivity contribution < 1.29 is 14.6 Å². The van der Waals surface area contributed by atoms with E-state index in [1.165, 1.54) is 12.1 Å². The average molecular weight is 346 g/mol. The predicted octanol–water partition coefficient (Wildman–Crippen LogP) is 2.77. The Kier molecular flexibility index (Phi) is 5.40. The Balaban J connectivity index is 1.75. The van der Waals surface area contributed by atoms with Gasteiger partial charge in [0.05, 0.1) is 17.6 Å². The molecule has 1 fully saturated rings. The Morgan fingerprint density at radius 2 is 2.32 bits per heavy atom. The minimum atomic E-state index is -0.449. The van der Waals surface area contributed by atoms with Gasteiger partial charge in [0, 0.05) is 23.7 Å². The number of benzene rings is 1. The summed E-state index contributed by atoms with van der Waals surface area (Å²) >= 11 is 0. The fourth-order valence-corrected chi connectivity index (χ4v) is 3.29. The van der Waals surface area contributed by atoms with Crippen molar-refractivity contribution in [3.8, 4) is 11.4 Å². The first-order chi connectivity index (χ1) is 12.1. The molecular weight excluding hydrogens is 324 g/mol. The largest absolute Gasteiger partial charge is 0.392 e. The van der Waals surface area contributed by atoms with Crippen LogP contribution in [-0.2, 0) is 6.54 Å². The summed E-state index contributed by atoms with van der Waals surface area (Å²) in [7, 11) is 0. The van der Waals surface area contributed by atoms with Crippen molar-refractivity contribution >= 4 is 5.69 Å². The highest BCUT2D eigenvalue weighted by molar-refractivity contribution is 5.58. The van der Waals surface area contributed by atoms with Gasteiger partial charge >= 0.3 is 0 Å². The maximum atomic E-state index is 10.9. The number of aliphatic hydroxyl groups excluding tert-OH is 1. The summed E-state index contributed by atoms with van der Waals surface area (Å²) in [6.07, 6.45) is 3.50. The number of rotatable bonds is 6. The lowest BCUT2D eigenvalue weighted by Crippen LogP contribution is -2.46. The molecule has 0 bridgehead atoms. The Morgan fingerprint density at radius 3 is 3.08 bits per heavy atom. The SMILES string of the molecule is CCC(O)C1CCCCN1Cc1nc(-c2cccc([N+](=O)[O-])c2)no1. The average Bonchev–Trinajstić information content (AvgIpc) is 3.10. The van der Waals surface area contributed by atoms with E-state index in [9.17, 15) is 15.2 Å². The van der Waals surface area contributed by atoms with Crippen LogP contribution in [0.3, 0.4) is 0 Å². The van der Waals surface area contributed by atoms with E-state index in [1.807, 2.05) is 6.92 Å². The molecule has 0 saturated carbocycles. The van der Waals surface area contributed by atoms with Crippen LogP contribution in [0.25, 0.3) is 11.4 Å². The van der Waals surface area contributed by atoms with Crippen LogP contribution in [0.2, 0.25) is 0 Å². The third-order valence-electron chi connectivity index (χ3n) is 4.65. The molecule has 25 heavy (non-hydrogen) atoms. The summed E-state index contributed by atoms with van der Waals surface area (Å²) in [5.41, 5.74) is 0.541. The lowest BCUT2D eigenvalue weighted by molar-refractivity contribution is -0.384. The first-order valence-corrected chi connectivity index (χ1v) is 8.58. The number of nitrogens with zero attached hydrogens (tertiary/aromatic N) is 4. The Bertz CT molecular complexity index is 733. The van der Waals surface area contributed by atoms with Crippen LogP contribution in [0.5, 0.6) is 0 Å². The second-order valence-corrected chi connectivity index (χ2v) is 6.33. The van der Waals surface area contributed by atoms with Crippen LogP contribution in [-0.4, -0.2) is 43.8 Å². The van der Waals surface area contributed by atoms with Crippen molar-refractivity contribution in [2.24, 2.45) is 0 Å². The minimum absolute atomic E-state index is 0.00832. The molecule has 8 heteroatoms. The van der Waals surface area contributed by atoms with Crippen LogP contribution < -0.4 is 0 Å². The van der Waals surface area contributed by atoms with Gasteiger partial charge in [-0.1, -0.05) is 30.6 Å². The van der Waals surface area contributed by atoms with Gasteiger partial charge in [-0.3, -0.25) is 15.0 Å². The Hall–Kier alpha value is -2.32. The van der Waals surface area contributed by atoms with Crippen LogP contribution in [0.1, 0.15) is 38.5 Å². The molecule has 0 aliphatic carbocycles. The predicted molar refractivity (Wildman–Crippen MR) is 90.7 cm³/mol. The van der Waals surface area contributed by atoms with Gasteiger partial charge in [0.15, 0.2) is 0 Å². The van der Waals surface area contributed by atoms with Gasteiger partial charge in [0.25, 0.3) is 5.69 Å². The molecular formula is C17H22N4O4. The van der Waals surface area contributed by atoms with Gasteiger partial charge in [-0.25, -0.2) is 0 Å². The third kappa shape index (κ3) is 4.02. The summed E-state index contributed by atoms with van der Waals surface area (Å²) in [4.78, 5) is 17.0. The zero-order valence-electron chi connectivity index (χ0n) is 14.2. The summed E-state index contributed by atoms with van der Waals surface area (Å²) in [6, 6.07) is 6.27. The van der Waals surface area contributed by atoms with Crippen molar-refractivity contribution in [1.29, 1.82) is 0 Å². The number of piperidine rings is 1. The second kappa shape index (κ2) is 7.71. The molecule has 0 spiro atoms. The Labute approximate surface area is 145 Å². The molecule has 3 rings (SSSR count). The monoisotopic (exact) mass is 346 g/mol. The fourth-order valence-electron chi connectivity index (χ4n) is 3.29. The van der Waals surface area contributed by atoms with Gasteiger partial charge in [-0.15, -0.1) is 0 Å². The lowest BCUT2D eigenvalue weighted by atomic mass is 9.96. The van der Waals surface area contributed by atoms with E-state index in [4.69, 9.17) is 4.52 Å². The van der Waals surface area contributed by atoms with Crippen molar-refractivity contribution in [3.05, 3.63) is 40.3 Å². The van der Waals surface area contributed by atoms with Gasteiger partial charge in [0.1, 0.15) is 0 Å². The molecule has 1 N–H and O–H groups in total. The van der Waals surface area contributed by atoms with Crippen LogP contribution in [0.4, 0.5) is 5.69 Å². The highest BCUT2D eigenvalue weighted by atomic mass is 16.6. The lowest BCUT2D eigenvalue weighted by Gasteiger charge is -2.37. The molecule has 0 radical (unpaired) electrons. The second-order valence-electron chi connectivity index (χ2n) is 6.33. The number of aliphatic hydroxyl groups is 1. The highest BCUT2D eigenvalue weighted by Gasteiger charge is 2.29. The molecule has 2 heterocycles. The third-order valence-corrected chi connectivity index (χ3v) is 4.65. The smallest absolute Gasteiger partial charge is 0.270 e. The quantitative estimate of drug-likeness (QED) is 0.633. The molecule has 2 aromatic rings. The van der Waals surface area contributed by atoms with Crippen LogP contribution >= 0.6 is 0 Å². The van der Waals surface area contributed by atoms with Crippen LogP contribution in [0, 0.1) is 10.1 Å². The number of nitro benzene ring substituents is 1. The first-order valence-electron chi connectivity index (χ1n) is 8.58. The number of likely N-dealkylation sites (tertiary alicyclic amines) is 1. The summed E-state index contributed by atoms with van der Waals surface area (Å²) in [5.74, 6) is 0.792. The first kappa shape index (κ1) is 17.5. The molecule has 8 nitrogen and oxygen atoms in total. The van der Waals surface area contributed by atoms with Crippen molar-refractivity contribution in [3.63, 3.8) is 0 Å². The summed E-state index contributed by atoms with van der Waals surface area (Å²) < 4.78 is 5.33. The molecule has 1 aromatic carbocycles. The summed E-state index contributed by atoms with van der Waals surface area (Å²) in [5, 5.41) is 25.1. The maximum absolute atomic E-state index is 10.9. The van der Waals surface area contributed by atoms with E-state index in [0.717, 1.165) is 25.8 Å². The van der Waals surface area contributed by atoms with E-state index in [0.29, 0.717) is 30.2 Å². The normalized spacial score (nSPS) is 19.7. The highest BCUT2D eigenvalue weighted by Crippen LogP contribution is 2.25. The molecule has 2 unspecified atom stereocenters. The van der Waals surface area contributed by atoms with E-state index >= 15 is 0 Å². The number of nitro groups is 1. The minimum Gasteiger partial charge on any atom is -0.392 e. The van der Waals surface area contributed by atoms with Crippen LogP contribution in [0.15, 0.2) is 28.8 Å². The number of aromatic nitrogens is 2. The van der Waals surface area contributed by atoms with E-state index in [-0.39, 0.29) is 17.8 Å². The van der Waals surface area contributed by atoms with Gasteiger partial charge in [0.2, 0.25) is 11.7 Å². The molecule has 1 aromatic heterocycles. The molecule has 2 atom stereocenters. The van der Waals surface area contributed by atoms with E-state index in [2.05, 4.69) is 15.0 Å². The number of non-ortho nitro benzene ring substituents is 1. The fraction of sp³-hybridized carbons (Fsp3) is 0.529. The number of hydrogen-bond donors (Lipinski definition) is 1. The number of hydrogen-bond acceptors (Lipinski definition) is 7. The van der Waals surface area contributed by atoms with Crippen molar-refractivity contribution in [1.82, 2.24) is 15.0 Å². The van der Waals surface area contributed by atoms with E-state index < -0.39 is 4.92 Å². The van der Waals surface area contributed by atoms with Gasteiger partial charge < -0.3 is 9.63 Å². The molecule has 1 aliphatic rings.